The van der Waals surface area contributed by atoms with Gasteiger partial charge in [-0.1, -0.05) is 12.1 Å². The summed E-state index contributed by atoms with van der Waals surface area (Å²) in [5.41, 5.74) is 2.67. The monoisotopic (exact) mass is 454 g/mol. The highest BCUT2D eigenvalue weighted by atomic mass is 79.9. The number of carbonyl (C=O) groups is 1. The van der Waals surface area contributed by atoms with Gasteiger partial charge in [0.25, 0.3) is 5.91 Å². The zero-order valence-corrected chi connectivity index (χ0v) is 17.8. The fourth-order valence-electron chi connectivity index (χ4n) is 3.60. The first kappa shape index (κ1) is 19.5. The minimum atomic E-state index is -0.0507. The Morgan fingerprint density at radius 3 is 2.79 bits per heavy atom. The number of anilines is 1. The van der Waals surface area contributed by atoms with Crippen LogP contribution in [0.2, 0.25) is 0 Å². The van der Waals surface area contributed by atoms with Crippen LogP contribution in [-0.2, 0) is 0 Å². The number of benzene rings is 2. The third-order valence-electron chi connectivity index (χ3n) is 5.16. The minimum Gasteiger partial charge on any atom is -0.497 e. The molecular weight excluding hydrogens is 432 g/mol. The summed E-state index contributed by atoms with van der Waals surface area (Å²) in [6.45, 7) is 1.66. The maximum atomic E-state index is 12.6. The van der Waals surface area contributed by atoms with E-state index in [9.17, 15) is 4.79 Å². The van der Waals surface area contributed by atoms with Crippen LogP contribution in [0.15, 0.2) is 59.1 Å². The molecule has 0 spiro atoms. The van der Waals surface area contributed by atoms with Gasteiger partial charge in [0.2, 0.25) is 0 Å². The minimum absolute atomic E-state index is 0.0507. The van der Waals surface area contributed by atoms with Crippen LogP contribution in [0.3, 0.4) is 0 Å². The number of aromatic amines is 1. The average Bonchev–Trinajstić information content (AvgIpc) is 3.24. The molecule has 7 heteroatoms. The second kappa shape index (κ2) is 8.69. The highest BCUT2D eigenvalue weighted by molar-refractivity contribution is 9.10. The van der Waals surface area contributed by atoms with E-state index in [0.29, 0.717) is 5.56 Å². The van der Waals surface area contributed by atoms with Crippen LogP contribution in [-0.4, -0.2) is 42.3 Å². The van der Waals surface area contributed by atoms with Gasteiger partial charge in [-0.05, 0) is 70.7 Å². The first-order chi connectivity index (χ1) is 14.1. The number of hydrogen-bond donors (Lipinski definition) is 2. The van der Waals surface area contributed by atoms with Crippen molar-refractivity contribution in [2.24, 2.45) is 0 Å². The Bertz CT molecular complexity index is 986. The van der Waals surface area contributed by atoms with E-state index in [1.54, 1.807) is 7.11 Å². The van der Waals surface area contributed by atoms with Gasteiger partial charge < -0.3 is 15.0 Å². The molecule has 0 aliphatic carbocycles. The van der Waals surface area contributed by atoms with E-state index in [2.05, 4.69) is 42.4 Å². The van der Waals surface area contributed by atoms with Crippen molar-refractivity contribution in [1.29, 1.82) is 0 Å². The molecule has 1 saturated heterocycles. The molecule has 29 heavy (non-hydrogen) atoms. The quantitative estimate of drug-likeness (QED) is 0.604. The zero-order chi connectivity index (χ0) is 20.2. The van der Waals surface area contributed by atoms with E-state index < -0.39 is 0 Å². The number of hydrogen-bond acceptors (Lipinski definition) is 4. The molecule has 0 radical (unpaired) electrons. The number of ether oxygens (including phenoxy) is 1. The first-order valence-corrected chi connectivity index (χ1v) is 10.4. The van der Waals surface area contributed by atoms with Gasteiger partial charge in [-0.25, -0.2) is 0 Å². The normalized spacial score (nSPS) is 16.5. The molecule has 2 heterocycles. The van der Waals surface area contributed by atoms with E-state index in [4.69, 9.17) is 4.74 Å². The van der Waals surface area contributed by atoms with Crippen LogP contribution >= 0.6 is 15.9 Å². The van der Waals surface area contributed by atoms with Gasteiger partial charge in [-0.15, -0.1) is 0 Å². The third kappa shape index (κ3) is 4.45. The van der Waals surface area contributed by atoms with Crippen LogP contribution in [0.25, 0.3) is 11.3 Å². The summed E-state index contributed by atoms with van der Waals surface area (Å²) in [6, 6.07) is 17.5. The molecule has 2 aromatic carbocycles. The molecule has 1 aromatic heterocycles. The molecule has 1 atom stereocenters. The number of halogens is 1. The average molecular weight is 455 g/mol. The summed E-state index contributed by atoms with van der Waals surface area (Å²) < 4.78 is 6.02. The number of amides is 1. The van der Waals surface area contributed by atoms with Crippen LogP contribution < -0.4 is 15.0 Å². The highest BCUT2D eigenvalue weighted by Gasteiger charge is 2.24. The second-order valence-corrected chi connectivity index (χ2v) is 7.96. The summed E-state index contributed by atoms with van der Waals surface area (Å²) in [6.07, 6.45) is 1.97. The molecule has 0 unspecified atom stereocenters. The molecule has 3 aromatic rings. The predicted molar refractivity (Wildman–Crippen MR) is 117 cm³/mol. The van der Waals surface area contributed by atoms with Crippen LogP contribution in [0.4, 0.5) is 5.82 Å². The van der Waals surface area contributed by atoms with E-state index in [0.717, 1.165) is 53.2 Å². The Morgan fingerprint density at radius 2 is 2.03 bits per heavy atom. The molecule has 1 aliphatic heterocycles. The maximum absolute atomic E-state index is 12.6. The Morgan fingerprint density at radius 1 is 1.24 bits per heavy atom. The maximum Gasteiger partial charge on any atom is 0.252 e. The number of aromatic nitrogens is 2. The lowest BCUT2D eigenvalue weighted by atomic mass is 10.0. The van der Waals surface area contributed by atoms with E-state index in [-0.39, 0.29) is 11.9 Å². The van der Waals surface area contributed by atoms with Crippen molar-refractivity contribution < 1.29 is 9.53 Å². The molecule has 6 nitrogen and oxygen atoms in total. The topological polar surface area (TPSA) is 70.2 Å². The standard InChI is InChI=1S/C22H23BrN4O2/c1-29-17-10-8-15(9-11-17)20-13-21(26-25-20)27-12-4-5-16(14-27)24-22(28)18-6-2-3-7-19(18)23/h2-3,6-11,13,16H,4-5,12,14H2,1H3,(H,24,28)(H,25,26)/t16-/m0/s1. The SMILES string of the molecule is COc1ccc(-c2cc(N3CCC[C@H](NC(=O)c4ccccc4Br)C3)n[nH]2)cc1. The number of methoxy groups -OCH3 is 1. The van der Waals surface area contributed by atoms with Crippen LogP contribution in [0.1, 0.15) is 23.2 Å². The van der Waals surface area contributed by atoms with Crippen LogP contribution in [0.5, 0.6) is 5.75 Å². The lowest BCUT2D eigenvalue weighted by molar-refractivity contribution is 0.0932. The smallest absolute Gasteiger partial charge is 0.252 e. The molecule has 2 N–H and O–H groups in total. The van der Waals surface area contributed by atoms with Gasteiger partial charge >= 0.3 is 0 Å². The van der Waals surface area contributed by atoms with Crippen molar-refractivity contribution in [3.05, 3.63) is 64.6 Å². The van der Waals surface area contributed by atoms with Crippen molar-refractivity contribution in [3.8, 4) is 17.0 Å². The largest absolute Gasteiger partial charge is 0.497 e. The fourth-order valence-corrected chi connectivity index (χ4v) is 4.07. The second-order valence-electron chi connectivity index (χ2n) is 7.11. The molecule has 0 saturated carbocycles. The Balaban J connectivity index is 1.43. The van der Waals surface area contributed by atoms with E-state index in [1.807, 2.05) is 48.5 Å². The molecule has 150 valence electrons. The van der Waals surface area contributed by atoms with Gasteiger partial charge in [0, 0.05) is 29.7 Å². The predicted octanol–water partition coefficient (Wildman–Crippen LogP) is 4.25. The molecule has 4 rings (SSSR count). The van der Waals surface area contributed by atoms with Gasteiger partial charge in [0.05, 0.1) is 18.4 Å². The fraction of sp³-hybridized carbons (Fsp3) is 0.273. The van der Waals surface area contributed by atoms with Crippen molar-refractivity contribution in [3.63, 3.8) is 0 Å². The van der Waals surface area contributed by atoms with Crippen LogP contribution in [0, 0.1) is 0 Å². The van der Waals surface area contributed by atoms with Crippen molar-refractivity contribution >= 4 is 27.7 Å². The lowest BCUT2D eigenvalue weighted by Gasteiger charge is -2.33. The Labute approximate surface area is 178 Å². The van der Waals surface area contributed by atoms with Gasteiger partial charge in [-0.3, -0.25) is 9.89 Å². The highest BCUT2D eigenvalue weighted by Crippen LogP contribution is 2.26. The zero-order valence-electron chi connectivity index (χ0n) is 16.2. The summed E-state index contributed by atoms with van der Waals surface area (Å²) in [7, 11) is 1.66. The van der Waals surface area contributed by atoms with Crippen molar-refractivity contribution in [1.82, 2.24) is 15.5 Å². The molecule has 0 bridgehead atoms. The molecule has 1 fully saturated rings. The summed E-state index contributed by atoms with van der Waals surface area (Å²) in [4.78, 5) is 14.8. The molecular formula is C22H23BrN4O2. The number of rotatable bonds is 5. The van der Waals surface area contributed by atoms with Gasteiger partial charge in [0.15, 0.2) is 5.82 Å². The van der Waals surface area contributed by atoms with E-state index in [1.165, 1.54) is 0 Å². The van der Waals surface area contributed by atoms with Crippen molar-refractivity contribution in [2.75, 3.05) is 25.1 Å². The van der Waals surface area contributed by atoms with Crippen molar-refractivity contribution in [2.45, 2.75) is 18.9 Å². The Hall–Kier alpha value is -2.80. The summed E-state index contributed by atoms with van der Waals surface area (Å²) in [5.74, 6) is 1.68. The van der Waals surface area contributed by atoms with Gasteiger partial charge in [0.1, 0.15) is 5.75 Å². The summed E-state index contributed by atoms with van der Waals surface area (Å²) in [5, 5.41) is 10.8. The number of nitrogens with zero attached hydrogens (tertiary/aromatic N) is 2. The molecule has 1 aliphatic rings. The van der Waals surface area contributed by atoms with E-state index >= 15 is 0 Å². The number of piperidine rings is 1. The first-order valence-electron chi connectivity index (χ1n) is 9.64. The summed E-state index contributed by atoms with van der Waals surface area (Å²) >= 11 is 3.45. The third-order valence-corrected chi connectivity index (χ3v) is 5.86. The lowest BCUT2D eigenvalue weighted by Crippen LogP contribution is -2.48. The number of nitrogens with one attached hydrogen (secondary N) is 2. The van der Waals surface area contributed by atoms with Gasteiger partial charge in [-0.2, -0.15) is 5.10 Å². The Kier molecular flexibility index (Phi) is 5.85. The number of H-pyrrole nitrogens is 1. The number of carbonyl (C=O) groups excluding carboxylic acids is 1. The molecule has 1 amide bonds.